The van der Waals surface area contributed by atoms with Crippen molar-refractivity contribution in [2.24, 2.45) is 0 Å². The van der Waals surface area contributed by atoms with E-state index in [0.29, 0.717) is 6.54 Å². The van der Waals surface area contributed by atoms with Gasteiger partial charge in [-0.25, -0.2) is 0 Å². The highest BCUT2D eigenvalue weighted by Crippen LogP contribution is 2.17. The lowest BCUT2D eigenvalue weighted by molar-refractivity contribution is 0.129. The molecule has 0 aliphatic carbocycles. The smallest absolute Gasteiger partial charge is 0.115 e. The third-order valence-corrected chi connectivity index (χ3v) is 2.30. The zero-order valence-corrected chi connectivity index (χ0v) is 8.64. The lowest BCUT2D eigenvalue weighted by atomic mass is 10.1. The molecule has 1 aromatic carbocycles. The van der Waals surface area contributed by atoms with Gasteiger partial charge in [-0.3, -0.25) is 0 Å². The van der Waals surface area contributed by atoms with Crippen molar-refractivity contribution < 1.29 is 10.2 Å². The second kappa shape index (κ2) is 4.98. The van der Waals surface area contributed by atoms with Crippen LogP contribution in [-0.4, -0.2) is 35.3 Å². The molecule has 0 saturated carbocycles. The summed E-state index contributed by atoms with van der Waals surface area (Å²) in [5.74, 6) is 0.227. The maximum absolute atomic E-state index is 9.79. The number of nitrogens with zero attached hydrogens (tertiary/aromatic N) is 1. The molecule has 0 bridgehead atoms. The Morgan fingerprint density at radius 3 is 2.36 bits per heavy atom. The Balaban J connectivity index is 2.60. The summed E-state index contributed by atoms with van der Waals surface area (Å²) in [4.78, 5) is 2.04. The van der Waals surface area contributed by atoms with Crippen LogP contribution in [0.1, 0.15) is 18.6 Å². The maximum Gasteiger partial charge on any atom is 0.115 e. The topological polar surface area (TPSA) is 43.7 Å². The van der Waals surface area contributed by atoms with Crippen LogP contribution in [0.15, 0.2) is 24.3 Å². The fourth-order valence-corrected chi connectivity index (χ4v) is 1.23. The normalized spacial score (nSPS) is 13.1. The Morgan fingerprint density at radius 1 is 1.29 bits per heavy atom. The van der Waals surface area contributed by atoms with Crippen molar-refractivity contribution in [3.8, 4) is 5.75 Å². The zero-order valence-electron chi connectivity index (χ0n) is 8.64. The van der Waals surface area contributed by atoms with Crippen molar-refractivity contribution in [3.05, 3.63) is 29.8 Å². The largest absolute Gasteiger partial charge is 0.508 e. The molecule has 0 spiro atoms. The summed E-state index contributed by atoms with van der Waals surface area (Å²) in [6.07, 6.45) is -0.486. The van der Waals surface area contributed by atoms with Gasteiger partial charge < -0.3 is 15.1 Å². The second-order valence-electron chi connectivity index (χ2n) is 3.46. The molecule has 3 heteroatoms. The predicted octanol–water partition coefficient (Wildman–Crippen LogP) is 1.38. The van der Waals surface area contributed by atoms with Crippen LogP contribution >= 0.6 is 0 Å². The van der Waals surface area contributed by atoms with E-state index in [2.05, 4.69) is 0 Å². The monoisotopic (exact) mass is 195 g/mol. The van der Waals surface area contributed by atoms with Gasteiger partial charge in [0.25, 0.3) is 0 Å². The van der Waals surface area contributed by atoms with E-state index in [-0.39, 0.29) is 5.75 Å². The van der Waals surface area contributed by atoms with E-state index in [1.54, 1.807) is 24.3 Å². The Kier molecular flexibility index (Phi) is 3.92. The number of aromatic hydroxyl groups is 1. The minimum Gasteiger partial charge on any atom is -0.508 e. The van der Waals surface area contributed by atoms with Crippen molar-refractivity contribution in [1.29, 1.82) is 0 Å². The summed E-state index contributed by atoms with van der Waals surface area (Å²) in [5, 5.41) is 18.9. The molecular formula is C11H17NO2. The van der Waals surface area contributed by atoms with Crippen LogP contribution in [0.5, 0.6) is 5.75 Å². The summed E-state index contributed by atoms with van der Waals surface area (Å²) in [6.45, 7) is 3.57. The first kappa shape index (κ1) is 11.0. The SMILES string of the molecule is CCN(C)CC(O)c1ccc(O)cc1. The summed E-state index contributed by atoms with van der Waals surface area (Å²) < 4.78 is 0. The number of likely N-dealkylation sites (N-methyl/N-ethyl adjacent to an activating group) is 1. The van der Waals surface area contributed by atoms with Gasteiger partial charge in [0.2, 0.25) is 0 Å². The van der Waals surface area contributed by atoms with Crippen LogP contribution in [0.4, 0.5) is 0 Å². The number of hydrogen-bond donors (Lipinski definition) is 2. The summed E-state index contributed by atoms with van der Waals surface area (Å²) in [7, 11) is 1.96. The van der Waals surface area contributed by atoms with Crippen LogP contribution < -0.4 is 0 Å². The fraction of sp³-hybridized carbons (Fsp3) is 0.455. The molecule has 0 heterocycles. The first-order valence-electron chi connectivity index (χ1n) is 4.79. The molecule has 0 radical (unpaired) electrons. The van der Waals surface area contributed by atoms with Crippen LogP contribution in [0.3, 0.4) is 0 Å². The van der Waals surface area contributed by atoms with Gasteiger partial charge in [0.05, 0.1) is 6.10 Å². The number of aliphatic hydroxyl groups excluding tert-OH is 1. The summed E-state index contributed by atoms with van der Waals surface area (Å²) in [6, 6.07) is 6.65. The number of rotatable bonds is 4. The highest BCUT2D eigenvalue weighted by atomic mass is 16.3. The molecule has 2 N–H and O–H groups in total. The van der Waals surface area contributed by atoms with Crippen LogP contribution in [0.25, 0.3) is 0 Å². The van der Waals surface area contributed by atoms with Gasteiger partial charge in [-0.1, -0.05) is 19.1 Å². The highest BCUT2D eigenvalue weighted by Gasteiger charge is 2.09. The summed E-state index contributed by atoms with van der Waals surface area (Å²) >= 11 is 0. The molecule has 0 aromatic heterocycles. The number of hydrogen-bond acceptors (Lipinski definition) is 3. The molecule has 1 rings (SSSR count). The Bertz CT molecular complexity index is 271. The zero-order chi connectivity index (χ0) is 10.6. The second-order valence-corrected chi connectivity index (χ2v) is 3.46. The van der Waals surface area contributed by atoms with E-state index in [1.165, 1.54) is 0 Å². The average molecular weight is 195 g/mol. The van der Waals surface area contributed by atoms with E-state index in [4.69, 9.17) is 5.11 Å². The minimum atomic E-state index is -0.486. The Labute approximate surface area is 84.6 Å². The lowest BCUT2D eigenvalue weighted by Crippen LogP contribution is -2.24. The third kappa shape index (κ3) is 3.01. The first-order valence-corrected chi connectivity index (χ1v) is 4.79. The van der Waals surface area contributed by atoms with Gasteiger partial charge in [-0.15, -0.1) is 0 Å². The number of phenols is 1. The van der Waals surface area contributed by atoms with Gasteiger partial charge in [-0.2, -0.15) is 0 Å². The molecule has 1 aromatic rings. The van der Waals surface area contributed by atoms with Crippen molar-refractivity contribution >= 4 is 0 Å². The Morgan fingerprint density at radius 2 is 1.86 bits per heavy atom. The number of phenolic OH excluding ortho intramolecular Hbond substituents is 1. The maximum atomic E-state index is 9.79. The molecule has 1 unspecified atom stereocenters. The van der Waals surface area contributed by atoms with Crippen molar-refractivity contribution in [2.75, 3.05) is 20.1 Å². The van der Waals surface area contributed by atoms with Crippen LogP contribution in [-0.2, 0) is 0 Å². The van der Waals surface area contributed by atoms with Crippen LogP contribution in [0.2, 0.25) is 0 Å². The minimum absolute atomic E-state index is 0.227. The standard InChI is InChI=1S/C11H17NO2/c1-3-12(2)8-11(14)9-4-6-10(13)7-5-9/h4-7,11,13-14H,3,8H2,1-2H3. The van der Waals surface area contributed by atoms with E-state index < -0.39 is 6.10 Å². The highest BCUT2D eigenvalue weighted by molar-refractivity contribution is 5.27. The van der Waals surface area contributed by atoms with Crippen molar-refractivity contribution in [2.45, 2.75) is 13.0 Å². The molecule has 78 valence electrons. The van der Waals surface area contributed by atoms with Gasteiger partial charge >= 0.3 is 0 Å². The van der Waals surface area contributed by atoms with E-state index in [9.17, 15) is 5.11 Å². The first-order chi connectivity index (χ1) is 6.63. The Hall–Kier alpha value is -1.06. The predicted molar refractivity (Wildman–Crippen MR) is 56.2 cm³/mol. The molecule has 0 aliphatic rings. The molecule has 3 nitrogen and oxygen atoms in total. The van der Waals surface area contributed by atoms with Gasteiger partial charge in [0.1, 0.15) is 5.75 Å². The lowest BCUT2D eigenvalue weighted by Gasteiger charge is -2.18. The summed E-state index contributed by atoms with van der Waals surface area (Å²) in [5.41, 5.74) is 0.836. The fourth-order valence-electron chi connectivity index (χ4n) is 1.23. The van der Waals surface area contributed by atoms with Gasteiger partial charge in [0, 0.05) is 6.54 Å². The molecule has 0 amide bonds. The number of aliphatic hydroxyl groups is 1. The molecule has 1 atom stereocenters. The molecule has 0 aliphatic heterocycles. The van der Waals surface area contributed by atoms with E-state index >= 15 is 0 Å². The number of benzene rings is 1. The molecule has 0 saturated heterocycles. The van der Waals surface area contributed by atoms with Crippen molar-refractivity contribution in [1.82, 2.24) is 4.90 Å². The van der Waals surface area contributed by atoms with Gasteiger partial charge in [-0.05, 0) is 31.3 Å². The van der Waals surface area contributed by atoms with E-state index in [1.807, 2.05) is 18.9 Å². The molecule has 14 heavy (non-hydrogen) atoms. The molecular weight excluding hydrogens is 178 g/mol. The third-order valence-electron chi connectivity index (χ3n) is 2.30. The van der Waals surface area contributed by atoms with Crippen LogP contribution in [0, 0.1) is 0 Å². The molecule has 0 fully saturated rings. The quantitative estimate of drug-likeness (QED) is 0.762. The van der Waals surface area contributed by atoms with Crippen molar-refractivity contribution in [3.63, 3.8) is 0 Å². The van der Waals surface area contributed by atoms with E-state index in [0.717, 1.165) is 12.1 Å². The van der Waals surface area contributed by atoms with Gasteiger partial charge in [0.15, 0.2) is 0 Å². The average Bonchev–Trinajstić information content (AvgIpc) is 2.18.